The molecule has 0 heterocycles. The summed E-state index contributed by atoms with van der Waals surface area (Å²) in [4.78, 5) is 35.7. The first kappa shape index (κ1) is 17.3. The van der Waals surface area contributed by atoms with Crippen LogP contribution in [0.1, 0.15) is 10.4 Å². The van der Waals surface area contributed by atoms with Gasteiger partial charge in [-0.05, 0) is 18.2 Å². The summed E-state index contributed by atoms with van der Waals surface area (Å²) in [6, 6.07) is 4.38. The van der Waals surface area contributed by atoms with Gasteiger partial charge in [0.25, 0.3) is 11.8 Å². The van der Waals surface area contributed by atoms with Crippen molar-refractivity contribution in [3.8, 4) is 0 Å². The summed E-state index contributed by atoms with van der Waals surface area (Å²) in [6.45, 7) is -0.734. The maximum absolute atomic E-state index is 11.8. The number of nitrogens with zero attached hydrogens (tertiary/aromatic N) is 1. The van der Waals surface area contributed by atoms with Gasteiger partial charge in [0, 0.05) is 19.1 Å². The lowest BCUT2D eigenvalue weighted by Crippen LogP contribution is -2.33. The Morgan fingerprint density at radius 3 is 2.48 bits per heavy atom. The molecule has 0 saturated heterocycles. The lowest BCUT2D eigenvalue weighted by Gasteiger charge is -2.11. The maximum atomic E-state index is 11.8. The number of carbonyl (C=O) groups excluding carboxylic acids is 3. The van der Waals surface area contributed by atoms with Gasteiger partial charge in [-0.1, -0.05) is 23.2 Å². The van der Waals surface area contributed by atoms with Crippen molar-refractivity contribution in [1.29, 1.82) is 0 Å². The fourth-order valence-electron chi connectivity index (χ4n) is 1.24. The van der Waals surface area contributed by atoms with Crippen molar-refractivity contribution in [1.82, 2.24) is 10.2 Å². The van der Waals surface area contributed by atoms with Crippen LogP contribution in [0, 0.1) is 0 Å². The molecule has 6 nitrogen and oxygen atoms in total. The molecular formula is C13H14Cl2N2O4. The van der Waals surface area contributed by atoms with Crippen molar-refractivity contribution in [2.24, 2.45) is 0 Å². The van der Waals surface area contributed by atoms with E-state index in [0.29, 0.717) is 5.02 Å². The fourth-order valence-corrected chi connectivity index (χ4v) is 1.74. The lowest BCUT2D eigenvalue weighted by atomic mass is 10.2. The summed E-state index contributed by atoms with van der Waals surface area (Å²) in [7, 11) is 3.08. The van der Waals surface area contributed by atoms with E-state index in [1.54, 1.807) is 14.1 Å². The number of carbonyl (C=O) groups is 3. The molecule has 0 saturated carbocycles. The van der Waals surface area contributed by atoms with Crippen LogP contribution in [-0.4, -0.2) is 49.9 Å². The molecule has 0 fully saturated rings. The predicted octanol–water partition coefficient (Wildman–Crippen LogP) is 1.35. The van der Waals surface area contributed by atoms with Gasteiger partial charge in [-0.25, -0.2) is 0 Å². The second-order valence-electron chi connectivity index (χ2n) is 4.26. The lowest BCUT2D eigenvalue weighted by molar-refractivity contribution is -0.150. The van der Waals surface area contributed by atoms with Crippen molar-refractivity contribution in [3.05, 3.63) is 33.8 Å². The summed E-state index contributed by atoms with van der Waals surface area (Å²) in [6.07, 6.45) is 0. The molecule has 0 unspecified atom stereocenters. The van der Waals surface area contributed by atoms with E-state index in [2.05, 4.69) is 5.32 Å². The highest BCUT2D eigenvalue weighted by Crippen LogP contribution is 2.20. The van der Waals surface area contributed by atoms with Crippen LogP contribution in [0.2, 0.25) is 10.0 Å². The number of likely N-dealkylation sites (N-methyl/N-ethyl adjacent to an activating group) is 1. The van der Waals surface area contributed by atoms with Crippen LogP contribution in [0.3, 0.4) is 0 Å². The zero-order valence-electron chi connectivity index (χ0n) is 11.5. The molecule has 0 aliphatic carbocycles. The quantitative estimate of drug-likeness (QED) is 0.826. The van der Waals surface area contributed by atoms with E-state index >= 15 is 0 Å². The Kier molecular flexibility index (Phi) is 6.45. The molecule has 0 aliphatic rings. The van der Waals surface area contributed by atoms with Crippen molar-refractivity contribution >= 4 is 41.0 Å². The van der Waals surface area contributed by atoms with Gasteiger partial charge in [0.1, 0.15) is 6.54 Å². The van der Waals surface area contributed by atoms with Crippen LogP contribution in [0.25, 0.3) is 0 Å². The number of nitrogens with one attached hydrogen (secondary N) is 1. The van der Waals surface area contributed by atoms with Crippen LogP contribution in [-0.2, 0) is 14.3 Å². The van der Waals surface area contributed by atoms with Crippen LogP contribution in [0.15, 0.2) is 18.2 Å². The second-order valence-corrected chi connectivity index (χ2v) is 5.10. The van der Waals surface area contributed by atoms with Gasteiger partial charge in [0.2, 0.25) is 0 Å². The van der Waals surface area contributed by atoms with Gasteiger partial charge in [-0.2, -0.15) is 0 Å². The van der Waals surface area contributed by atoms with E-state index in [-0.39, 0.29) is 29.6 Å². The number of amides is 2. The highest BCUT2D eigenvalue weighted by atomic mass is 35.5. The number of halogens is 2. The smallest absolute Gasteiger partial charge is 0.325 e. The highest BCUT2D eigenvalue weighted by molar-refractivity contribution is 6.36. The molecule has 0 aromatic heterocycles. The summed E-state index contributed by atoms with van der Waals surface area (Å²) >= 11 is 11.6. The molecule has 0 atom stereocenters. The molecule has 1 aromatic rings. The molecule has 0 aliphatic heterocycles. The van der Waals surface area contributed by atoms with Gasteiger partial charge in [0.15, 0.2) is 6.61 Å². The standard InChI is InChI=1S/C13H14Cl2N2O4/c1-17(2)11(18)7-21-12(19)6-16-13(20)9-4-3-8(14)5-10(9)15/h3-5H,6-7H2,1-2H3,(H,16,20). The van der Waals surface area contributed by atoms with E-state index in [1.165, 1.54) is 23.1 Å². The Hall–Kier alpha value is -1.79. The largest absolute Gasteiger partial charge is 0.454 e. The fraction of sp³-hybridized carbons (Fsp3) is 0.308. The monoisotopic (exact) mass is 332 g/mol. The number of rotatable bonds is 5. The van der Waals surface area contributed by atoms with Crippen LogP contribution in [0.4, 0.5) is 0 Å². The Morgan fingerprint density at radius 2 is 1.90 bits per heavy atom. The van der Waals surface area contributed by atoms with Crippen molar-refractivity contribution in [2.75, 3.05) is 27.2 Å². The second kappa shape index (κ2) is 7.85. The first-order valence-electron chi connectivity index (χ1n) is 5.90. The third kappa shape index (κ3) is 5.61. The number of benzene rings is 1. The van der Waals surface area contributed by atoms with E-state index in [4.69, 9.17) is 27.9 Å². The van der Waals surface area contributed by atoms with E-state index in [0.717, 1.165) is 0 Å². The first-order valence-corrected chi connectivity index (χ1v) is 6.66. The number of ether oxygens (including phenoxy) is 1. The molecule has 0 spiro atoms. The summed E-state index contributed by atoms with van der Waals surface area (Å²) in [5, 5.41) is 2.92. The van der Waals surface area contributed by atoms with Crippen LogP contribution in [0.5, 0.6) is 0 Å². The van der Waals surface area contributed by atoms with Gasteiger partial charge in [-0.15, -0.1) is 0 Å². The zero-order chi connectivity index (χ0) is 16.0. The number of esters is 1. The molecule has 21 heavy (non-hydrogen) atoms. The maximum Gasteiger partial charge on any atom is 0.325 e. The molecule has 114 valence electrons. The Balaban J connectivity index is 2.46. The molecule has 8 heteroatoms. The van der Waals surface area contributed by atoms with Crippen LogP contribution < -0.4 is 5.32 Å². The average Bonchev–Trinajstić information content (AvgIpc) is 2.41. The van der Waals surface area contributed by atoms with Gasteiger partial charge >= 0.3 is 5.97 Å². The number of hydrogen-bond donors (Lipinski definition) is 1. The van der Waals surface area contributed by atoms with E-state index in [9.17, 15) is 14.4 Å². The van der Waals surface area contributed by atoms with E-state index < -0.39 is 11.9 Å². The minimum absolute atomic E-state index is 0.177. The summed E-state index contributed by atoms with van der Waals surface area (Å²) < 4.78 is 4.70. The summed E-state index contributed by atoms with van der Waals surface area (Å²) in [5.74, 6) is -1.60. The van der Waals surface area contributed by atoms with Gasteiger partial charge < -0.3 is 15.0 Å². The van der Waals surface area contributed by atoms with Crippen LogP contribution >= 0.6 is 23.2 Å². The Bertz CT molecular complexity index is 561. The zero-order valence-corrected chi connectivity index (χ0v) is 13.0. The molecule has 1 N–H and O–H groups in total. The first-order chi connectivity index (χ1) is 9.81. The molecule has 1 rings (SSSR count). The molecule has 0 bridgehead atoms. The predicted molar refractivity (Wildman–Crippen MR) is 78.4 cm³/mol. The minimum atomic E-state index is -0.719. The minimum Gasteiger partial charge on any atom is -0.454 e. The summed E-state index contributed by atoms with van der Waals surface area (Å²) in [5.41, 5.74) is 0.193. The third-order valence-corrected chi connectivity index (χ3v) is 2.97. The van der Waals surface area contributed by atoms with Gasteiger partial charge in [0.05, 0.1) is 10.6 Å². The van der Waals surface area contributed by atoms with E-state index in [1.807, 2.05) is 0 Å². The molecule has 0 radical (unpaired) electrons. The van der Waals surface area contributed by atoms with Crippen molar-refractivity contribution in [2.45, 2.75) is 0 Å². The van der Waals surface area contributed by atoms with Crippen molar-refractivity contribution in [3.63, 3.8) is 0 Å². The average molecular weight is 333 g/mol. The number of hydrogen-bond acceptors (Lipinski definition) is 4. The Labute approximate surface area is 132 Å². The highest BCUT2D eigenvalue weighted by Gasteiger charge is 2.13. The molecular weight excluding hydrogens is 319 g/mol. The van der Waals surface area contributed by atoms with Gasteiger partial charge in [-0.3, -0.25) is 14.4 Å². The topological polar surface area (TPSA) is 75.7 Å². The molecule has 2 amide bonds. The SMILES string of the molecule is CN(C)C(=O)COC(=O)CNC(=O)c1ccc(Cl)cc1Cl. The normalized spacial score (nSPS) is 9.90. The molecule has 1 aromatic carbocycles. The Morgan fingerprint density at radius 1 is 1.24 bits per heavy atom. The van der Waals surface area contributed by atoms with Crippen molar-refractivity contribution < 1.29 is 19.1 Å². The third-order valence-electron chi connectivity index (χ3n) is 2.42.